The normalized spacial score (nSPS) is 11.1. The fourth-order valence-corrected chi connectivity index (χ4v) is 2.74. The summed E-state index contributed by atoms with van der Waals surface area (Å²) in [6.45, 7) is 0. The molecule has 0 unspecified atom stereocenters. The van der Waals surface area contributed by atoms with Gasteiger partial charge in [-0.1, -0.05) is 0 Å². The Morgan fingerprint density at radius 1 is 1.68 bits per heavy atom. The fourth-order valence-electron chi connectivity index (χ4n) is 1.36. The van der Waals surface area contributed by atoms with E-state index in [1.807, 2.05) is 17.5 Å². The van der Waals surface area contributed by atoms with Crippen molar-refractivity contribution in [3.05, 3.63) is 38.6 Å². The van der Waals surface area contributed by atoms with Crippen molar-refractivity contribution in [1.82, 2.24) is 9.78 Å². The van der Waals surface area contributed by atoms with Crippen LogP contribution < -0.4 is 5.32 Å². The maximum atomic E-state index is 11.9. The lowest BCUT2D eigenvalue weighted by Crippen LogP contribution is -2.13. The molecule has 0 aliphatic rings. The molecule has 0 saturated carbocycles. The molecular formula is C12H9BrN4OS. The Kier molecular flexibility index (Phi) is 4.14. The van der Waals surface area contributed by atoms with E-state index in [2.05, 4.69) is 26.3 Å². The van der Waals surface area contributed by atoms with E-state index in [-0.39, 0.29) is 5.57 Å². The van der Waals surface area contributed by atoms with Crippen LogP contribution in [0.4, 0.5) is 5.82 Å². The molecule has 0 spiro atoms. The first-order valence-electron chi connectivity index (χ1n) is 5.25. The van der Waals surface area contributed by atoms with Gasteiger partial charge in [-0.15, -0.1) is 11.3 Å². The van der Waals surface area contributed by atoms with Crippen LogP contribution in [0.15, 0.2) is 33.8 Å². The number of aromatic nitrogens is 2. The van der Waals surface area contributed by atoms with E-state index in [1.165, 1.54) is 11.3 Å². The van der Waals surface area contributed by atoms with Crippen molar-refractivity contribution >= 4 is 45.1 Å². The number of rotatable bonds is 3. The second kappa shape index (κ2) is 5.82. The van der Waals surface area contributed by atoms with Crippen molar-refractivity contribution in [3.63, 3.8) is 0 Å². The number of carbonyl (C=O) groups is 1. The number of aryl methyl sites for hydroxylation is 1. The number of amides is 1. The highest BCUT2D eigenvalue weighted by Crippen LogP contribution is 2.22. The Morgan fingerprint density at radius 2 is 2.47 bits per heavy atom. The Balaban J connectivity index is 2.16. The van der Waals surface area contributed by atoms with Gasteiger partial charge in [0, 0.05) is 34.0 Å². The summed E-state index contributed by atoms with van der Waals surface area (Å²) in [4.78, 5) is 12.7. The van der Waals surface area contributed by atoms with E-state index in [1.54, 1.807) is 30.1 Å². The third-order valence-electron chi connectivity index (χ3n) is 2.19. The number of halogens is 1. The number of hydrogen-bond acceptors (Lipinski definition) is 4. The molecular weight excluding hydrogens is 328 g/mol. The van der Waals surface area contributed by atoms with Crippen LogP contribution in [-0.2, 0) is 11.8 Å². The standard InChI is InChI=1S/C12H9BrN4OS/c1-17-3-2-11(16-17)15-12(18)8(6-14)4-10-5-9(13)7-19-10/h2-5,7H,1H3,(H,15,16,18)/b8-4+. The Labute approximate surface area is 122 Å². The van der Waals surface area contributed by atoms with Crippen LogP contribution in [0.2, 0.25) is 0 Å². The lowest BCUT2D eigenvalue weighted by atomic mass is 10.2. The van der Waals surface area contributed by atoms with Gasteiger partial charge in [0.1, 0.15) is 11.6 Å². The Hall–Kier alpha value is -1.91. The molecule has 2 aromatic rings. The summed E-state index contributed by atoms with van der Waals surface area (Å²) >= 11 is 4.77. The van der Waals surface area contributed by atoms with Gasteiger partial charge in [-0.05, 0) is 28.1 Å². The van der Waals surface area contributed by atoms with Gasteiger partial charge in [0.15, 0.2) is 5.82 Å². The Morgan fingerprint density at radius 3 is 3.00 bits per heavy atom. The summed E-state index contributed by atoms with van der Waals surface area (Å²) < 4.78 is 2.49. The quantitative estimate of drug-likeness (QED) is 0.692. The predicted octanol–water partition coefficient (Wildman–Crippen LogP) is 2.79. The summed E-state index contributed by atoms with van der Waals surface area (Å²) in [6, 6.07) is 5.40. The lowest BCUT2D eigenvalue weighted by molar-refractivity contribution is -0.112. The molecule has 0 radical (unpaired) electrons. The largest absolute Gasteiger partial charge is 0.304 e. The molecule has 96 valence electrons. The molecule has 0 bridgehead atoms. The van der Waals surface area contributed by atoms with Crippen LogP contribution in [0.1, 0.15) is 4.88 Å². The van der Waals surface area contributed by atoms with Crippen molar-refractivity contribution in [2.24, 2.45) is 7.05 Å². The average molecular weight is 337 g/mol. The minimum absolute atomic E-state index is 0.0417. The third-order valence-corrected chi connectivity index (χ3v) is 3.84. The van der Waals surface area contributed by atoms with Crippen LogP contribution in [0.25, 0.3) is 6.08 Å². The number of hydrogen-bond donors (Lipinski definition) is 1. The second-order valence-electron chi connectivity index (χ2n) is 3.67. The van der Waals surface area contributed by atoms with Crippen LogP contribution >= 0.6 is 27.3 Å². The highest BCUT2D eigenvalue weighted by atomic mass is 79.9. The number of carbonyl (C=O) groups excluding carboxylic acids is 1. The van der Waals surface area contributed by atoms with Crippen LogP contribution in [0, 0.1) is 11.3 Å². The fraction of sp³-hybridized carbons (Fsp3) is 0.0833. The maximum absolute atomic E-state index is 11.9. The van der Waals surface area contributed by atoms with Gasteiger partial charge in [0.2, 0.25) is 0 Å². The van der Waals surface area contributed by atoms with E-state index in [0.717, 1.165) is 9.35 Å². The molecule has 19 heavy (non-hydrogen) atoms. The first-order valence-corrected chi connectivity index (χ1v) is 6.92. The smallest absolute Gasteiger partial charge is 0.267 e. The zero-order valence-electron chi connectivity index (χ0n) is 9.92. The molecule has 0 aromatic carbocycles. The minimum Gasteiger partial charge on any atom is -0.304 e. The number of nitrogens with zero attached hydrogens (tertiary/aromatic N) is 3. The van der Waals surface area contributed by atoms with Gasteiger partial charge >= 0.3 is 0 Å². The summed E-state index contributed by atoms with van der Waals surface area (Å²) in [5, 5.41) is 17.5. The topological polar surface area (TPSA) is 70.7 Å². The highest BCUT2D eigenvalue weighted by molar-refractivity contribution is 9.10. The molecule has 2 aromatic heterocycles. The van der Waals surface area contributed by atoms with E-state index in [9.17, 15) is 4.79 Å². The molecule has 1 amide bonds. The summed E-state index contributed by atoms with van der Waals surface area (Å²) in [5.74, 6) is -0.0493. The first-order chi connectivity index (χ1) is 9.08. The maximum Gasteiger partial charge on any atom is 0.267 e. The van der Waals surface area contributed by atoms with E-state index >= 15 is 0 Å². The van der Waals surface area contributed by atoms with Crippen molar-refractivity contribution in [2.45, 2.75) is 0 Å². The van der Waals surface area contributed by atoms with Gasteiger partial charge in [0.05, 0.1) is 0 Å². The average Bonchev–Trinajstić information content (AvgIpc) is 2.95. The van der Waals surface area contributed by atoms with E-state index < -0.39 is 5.91 Å². The molecule has 0 saturated heterocycles. The van der Waals surface area contributed by atoms with Crippen molar-refractivity contribution in [3.8, 4) is 6.07 Å². The predicted molar refractivity (Wildman–Crippen MR) is 77.4 cm³/mol. The zero-order chi connectivity index (χ0) is 13.8. The third kappa shape index (κ3) is 3.53. The second-order valence-corrected chi connectivity index (χ2v) is 5.52. The molecule has 0 aliphatic heterocycles. The molecule has 7 heteroatoms. The van der Waals surface area contributed by atoms with E-state index in [0.29, 0.717) is 5.82 Å². The number of nitrogens with one attached hydrogen (secondary N) is 1. The molecule has 0 atom stereocenters. The first kappa shape index (κ1) is 13.5. The molecule has 2 rings (SSSR count). The molecule has 0 fully saturated rings. The monoisotopic (exact) mass is 336 g/mol. The minimum atomic E-state index is -0.467. The van der Waals surface area contributed by atoms with Gasteiger partial charge in [-0.3, -0.25) is 9.48 Å². The van der Waals surface area contributed by atoms with Crippen molar-refractivity contribution < 1.29 is 4.79 Å². The number of nitriles is 1. The molecule has 5 nitrogen and oxygen atoms in total. The summed E-state index contributed by atoms with van der Waals surface area (Å²) in [6.07, 6.45) is 3.26. The van der Waals surface area contributed by atoms with Crippen molar-refractivity contribution in [2.75, 3.05) is 5.32 Å². The van der Waals surface area contributed by atoms with Gasteiger partial charge in [-0.2, -0.15) is 10.4 Å². The van der Waals surface area contributed by atoms with Gasteiger partial charge in [0.25, 0.3) is 5.91 Å². The zero-order valence-corrected chi connectivity index (χ0v) is 12.3. The van der Waals surface area contributed by atoms with Crippen LogP contribution in [0.3, 0.4) is 0 Å². The number of anilines is 1. The van der Waals surface area contributed by atoms with Gasteiger partial charge in [-0.25, -0.2) is 0 Å². The number of thiophene rings is 1. The summed E-state index contributed by atoms with van der Waals surface area (Å²) in [5.41, 5.74) is 0.0417. The molecule has 0 aliphatic carbocycles. The molecule has 1 N–H and O–H groups in total. The highest BCUT2D eigenvalue weighted by Gasteiger charge is 2.11. The van der Waals surface area contributed by atoms with Gasteiger partial charge < -0.3 is 5.32 Å². The van der Waals surface area contributed by atoms with Crippen LogP contribution in [-0.4, -0.2) is 15.7 Å². The summed E-state index contributed by atoms with van der Waals surface area (Å²) in [7, 11) is 1.75. The SMILES string of the molecule is Cn1ccc(NC(=O)/C(C#N)=C/c2cc(Br)cs2)n1. The van der Waals surface area contributed by atoms with Crippen molar-refractivity contribution in [1.29, 1.82) is 5.26 Å². The lowest BCUT2D eigenvalue weighted by Gasteiger charge is -1.99. The van der Waals surface area contributed by atoms with E-state index in [4.69, 9.17) is 5.26 Å². The molecule has 2 heterocycles. The van der Waals surface area contributed by atoms with Crippen LogP contribution in [0.5, 0.6) is 0 Å². The Bertz CT molecular complexity index is 680.